The maximum atomic E-state index is 2.25. The summed E-state index contributed by atoms with van der Waals surface area (Å²) in [5.41, 5.74) is 0.335. The molecule has 0 atom stereocenters. The molecular formula is C9H18S. The van der Waals surface area contributed by atoms with Crippen molar-refractivity contribution in [3.8, 4) is 0 Å². The molecule has 0 radical (unpaired) electrons. The number of rotatable bonds is 2. The Morgan fingerprint density at radius 2 is 1.70 bits per heavy atom. The molecule has 60 valence electrons. The molecule has 0 aromatic carbocycles. The first-order valence-electron chi connectivity index (χ1n) is 3.75. The number of hydrogen-bond acceptors (Lipinski definition) is 1. The van der Waals surface area contributed by atoms with Crippen molar-refractivity contribution in [2.75, 3.05) is 0 Å². The van der Waals surface area contributed by atoms with Crippen LogP contribution in [0, 0.1) is 5.41 Å². The van der Waals surface area contributed by atoms with Crippen molar-refractivity contribution >= 4 is 11.8 Å². The van der Waals surface area contributed by atoms with E-state index in [0.717, 1.165) is 0 Å². The molecule has 0 spiro atoms. The highest BCUT2D eigenvalue weighted by molar-refractivity contribution is 8.02. The third-order valence-electron chi connectivity index (χ3n) is 0.919. The van der Waals surface area contributed by atoms with Crippen LogP contribution in [0.25, 0.3) is 0 Å². The Labute approximate surface area is 69.1 Å². The first kappa shape index (κ1) is 10.1. The first-order chi connectivity index (χ1) is 4.42. The molecule has 0 N–H and O–H groups in total. The molecule has 1 heteroatoms. The largest absolute Gasteiger partial charge is 0.132 e. The smallest absolute Gasteiger partial charge is 0.00316 e. The molecule has 0 bridgehead atoms. The van der Waals surface area contributed by atoms with Gasteiger partial charge in [-0.25, -0.2) is 0 Å². The Bertz CT molecular complexity index is 106. The van der Waals surface area contributed by atoms with Gasteiger partial charge < -0.3 is 0 Å². The fourth-order valence-corrected chi connectivity index (χ4v) is 1.20. The van der Waals surface area contributed by atoms with Gasteiger partial charge in [-0.1, -0.05) is 40.7 Å². The molecule has 0 fully saturated rings. The maximum absolute atomic E-state index is 2.25. The van der Waals surface area contributed by atoms with Crippen molar-refractivity contribution in [3.05, 3.63) is 11.5 Å². The number of hydrogen-bond donors (Lipinski definition) is 0. The Balaban J connectivity index is 3.57. The van der Waals surface area contributed by atoms with Gasteiger partial charge in [-0.05, 0) is 10.8 Å². The van der Waals surface area contributed by atoms with Gasteiger partial charge in [0.05, 0.1) is 0 Å². The van der Waals surface area contributed by atoms with Crippen molar-refractivity contribution in [2.24, 2.45) is 5.41 Å². The van der Waals surface area contributed by atoms with Crippen molar-refractivity contribution < 1.29 is 0 Å². The first-order valence-corrected chi connectivity index (χ1v) is 4.69. The highest BCUT2D eigenvalue weighted by atomic mass is 32.2. The fourth-order valence-electron chi connectivity index (χ4n) is 0.401. The van der Waals surface area contributed by atoms with Crippen LogP contribution in [0.2, 0.25) is 0 Å². The van der Waals surface area contributed by atoms with Gasteiger partial charge in [-0.2, -0.15) is 0 Å². The van der Waals surface area contributed by atoms with Crippen LogP contribution in [-0.2, 0) is 0 Å². The Kier molecular flexibility index (Phi) is 4.11. The highest BCUT2D eigenvalue weighted by Gasteiger charge is 2.02. The van der Waals surface area contributed by atoms with E-state index in [9.17, 15) is 0 Å². The zero-order chi connectivity index (χ0) is 8.20. The van der Waals surface area contributed by atoms with E-state index in [1.54, 1.807) is 0 Å². The molecule has 0 nitrogen and oxygen atoms in total. The van der Waals surface area contributed by atoms with E-state index >= 15 is 0 Å². The molecule has 0 rings (SSSR count). The molecule has 0 saturated carbocycles. The van der Waals surface area contributed by atoms with Gasteiger partial charge in [0.25, 0.3) is 0 Å². The molecule has 0 aromatic heterocycles. The molecule has 0 amide bonds. The predicted molar refractivity (Wildman–Crippen MR) is 51.3 cm³/mol. The lowest BCUT2D eigenvalue weighted by atomic mass is 9.98. The van der Waals surface area contributed by atoms with Crippen LogP contribution in [0.15, 0.2) is 11.5 Å². The lowest BCUT2D eigenvalue weighted by Gasteiger charge is -2.11. The van der Waals surface area contributed by atoms with E-state index in [4.69, 9.17) is 0 Å². The van der Waals surface area contributed by atoms with E-state index in [1.807, 2.05) is 11.8 Å². The number of thioether (sulfide) groups is 1. The third-order valence-corrected chi connectivity index (χ3v) is 1.76. The summed E-state index contributed by atoms with van der Waals surface area (Å²) in [7, 11) is 0. The van der Waals surface area contributed by atoms with Gasteiger partial charge in [0, 0.05) is 5.25 Å². The molecule has 0 heterocycles. The van der Waals surface area contributed by atoms with Crippen molar-refractivity contribution in [2.45, 2.75) is 39.9 Å². The second-order valence-corrected chi connectivity index (χ2v) is 5.34. The summed E-state index contributed by atoms with van der Waals surface area (Å²) in [6.45, 7) is 11.1. The van der Waals surface area contributed by atoms with Crippen LogP contribution in [-0.4, -0.2) is 5.25 Å². The molecular weight excluding hydrogens is 140 g/mol. The predicted octanol–water partition coefficient (Wildman–Crippen LogP) is 3.69. The summed E-state index contributed by atoms with van der Waals surface area (Å²) in [4.78, 5) is 0. The quantitative estimate of drug-likeness (QED) is 0.590. The number of allylic oxidation sites excluding steroid dienone is 1. The van der Waals surface area contributed by atoms with Crippen LogP contribution in [0.1, 0.15) is 34.6 Å². The van der Waals surface area contributed by atoms with Crippen LogP contribution in [0.4, 0.5) is 0 Å². The van der Waals surface area contributed by atoms with Gasteiger partial charge in [0.15, 0.2) is 0 Å². The van der Waals surface area contributed by atoms with Gasteiger partial charge >= 0.3 is 0 Å². The van der Waals surface area contributed by atoms with Gasteiger partial charge in [-0.3, -0.25) is 0 Å². The average Bonchev–Trinajstić information content (AvgIpc) is 1.59. The van der Waals surface area contributed by atoms with E-state index in [2.05, 4.69) is 46.1 Å². The third kappa shape index (κ3) is 8.09. The minimum atomic E-state index is 0.335. The molecule has 10 heavy (non-hydrogen) atoms. The second kappa shape index (κ2) is 4.07. The van der Waals surface area contributed by atoms with E-state index in [1.165, 1.54) is 0 Å². The topological polar surface area (TPSA) is 0 Å². The Morgan fingerprint density at radius 1 is 1.20 bits per heavy atom. The molecule has 0 aliphatic carbocycles. The average molecular weight is 158 g/mol. The van der Waals surface area contributed by atoms with Crippen LogP contribution in [0.5, 0.6) is 0 Å². The van der Waals surface area contributed by atoms with Crippen molar-refractivity contribution in [3.63, 3.8) is 0 Å². The molecule has 0 saturated heterocycles. The van der Waals surface area contributed by atoms with E-state index in [0.29, 0.717) is 10.7 Å². The SMILES string of the molecule is CC(C)S/C=C/C(C)(C)C. The van der Waals surface area contributed by atoms with E-state index in [-0.39, 0.29) is 0 Å². The van der Waals surface area contributed by atoms with Crippen molar-refractivity contribution in [1.29, 1.82) is 0 Å². The standard InChI is InChI=1S/C9H18S/c1-8(2)10-7-6-9(3,4)5/h6-8H,1-5H3/b7-6+. The van der Waals surface area contributed by atoms with Gasteiger partial charge in [0.1, 0.15) is 0 Å². The summed E-state index contributed by atoms with van der Waals surface area (Å²) < 4.78 is 0. The summed E-state index contributed by atoms with van der Waals surface area (Å²) in [5.74, 6) is 0. The summed E-state index contributed by atoms with van der Waals surface area (Å²) in [6.07, 6.45) is 2.25. The molecule has 0 aliphatic rings. The Hall–Kier alpha value is 0.0900. The van der Waals surface area contributed by atoms with Crippen LogP contribution < -0.4 is 0 Å². The highest BCUT2D eigenvalue weighted by Crippen LogP contribution is 2.19. The van der Waals surface area contributed by atoms with E-state index < -0.39 is 0 Å². The minimum absolute atomic E-state index is 0.335. The van der Waals surface area contributed by atoms with Gasteiger partial charge in [0.2, 0.25) is 0 Å². The summed E-state index contributed by atoms with van der Waals surface area (Å²) in [5, 5.41) is 2.91. The lowest BCUT2D eigenvalue weighted by Crippen LogP contribution is -1.97. The monoisotopic (exact) mass is 158 g/mol. The molecule has 0 unspecified atom stereocenters. The lowest BCUT2D eigenvalue weighted by molar-refractivity contribution is 0.545. The zero-order valence-corrected chi connectivity index (χ0v) is 8.46. The normalized spacial score (nSPS) is 13.4. The minimum Gasteiger partial charge on any atom is -0.132 e. The fraction of sp³-hybridized carbons (Fsp3) is 0.778. The summed E-state index contributed by atoms with van der Waals surface area (Å²) >= 11 is 1.88. The zero-order valence-electron chi connectivity index (χ0n) is 7.64. The van der Waals surface area contributed by atoms with Crippen LogP contribution in [0.3, 0.4) is 0 Å². The second-order valence-electron chi connectivity index (χ2n) is 3.85. The van der Waals surface area contributed by atoms with Crippen LogP contribution >= 0.6 is 11.8 Å². The Morgan fingerprint density at radius 3 is 2.00 bits per heavy atom. The maximum Gasteiger partial charge on any atom is 0.00316 e. The summed E-state index contributed by atoms with van der Waals surface area (Å²) in [6, 6.07) is 0. The van der Waals surface area contributed by atoms with Crippen molar-refractivity contribution in [1.82, 2.24) is 0 Å². The van der Waals surface area contributed by atoms with Gasteiger partial charge in [-0.15, -0.1) is 11.8 Å². The molecule has 0 aliphatic heterocycles. The molecule has 0 aromatic rings.